The highest BCUT2D eigenvalue weighted by atomic mass is 16.5. The second-order valence-electron chi connectivity index (χ2n) is 5.85. The fourth-order valence-corrected chi connectivity index (χ4v) is 2.51. The second-order valence-corrected chi connectivity index (χ2v) is 5.85. The molecule has 138 valence electrons. The van der Waals surface area contributed by atoms with E-state index in [1.54, 1.807) is 31.4 Å². The predicted octanol–water partition coefficient (Wildman–Crippen LogP) is 2.67. The summed E-state index contributed by atoms with van der Waals surface area (Å²) in [6.07, 6.45) is 0.929. The Bertz CT molecular complexity index is 700. The molecule has 2 N–H and O–H groups in total. The molecular weight excluding hydrogens is 334 g/mol. The number of carboxylic acids is 1. The molecule has 0 spiro atoms. The van der Waals surface area contributed by atoms with Gasteiger partial charge in [-0.3, -0.25) is 9.59 Å². The summed E-state index contributed by atoms with van der Waals surface area (Å²) in [5.41, 5.74) is 1.04. The van der Waals surface area contributed by atoms with Gasteiger partial charge in [0.1, 0.15) is 11.5 Å². The normalized spacial score (nSPS) is 11.4. The molecule has 0 saturated heterocycles. The van der Waals surface area contributed by atoms with Crippen LogP contribution in [-0.2, 0) is 16.0 Å². The minimum Gasteiger partial charge on any atom is -0.497 e. The van der Waals surface area contributed by atoms with Gasteiger partial charge in [0.05, 0.1) is 7.11 Å². The van der Waals surface area contributed by atoms with Gasteiger partial charge in [-0.2, -0.15) is 0 Å². The predicted molar refractivity (Wildman–Crippen MR) is 97.4 cm³/mol. The Morgan fingerprint density at radius 3 is 2.31 bits per heavy atom. The van der Waals surface area contributed by atoms with Crippen LogP contribution >= 0.6 is 0 Å². The average molecular weight is 357 g/mol. The van der Waals surface area contributed by atoms with Gasteiger partial charge >= 0.3 is 5.97 Å². The maximum absolute atomic E-state index is 12.2. The van der Waals surface area contributed by atoms with Crippen molar-refractivity contribution < 1.29 is 24.2 Å². The van der Waals surface area contributed by atoms with Gasteiger partial charge in [0, 0.05) is 12.5 Å². The van der Waals surface area contributed by atoms with Crippen LogP contribution in [0.25, 0.3) is 0 Å². The summed E-state index contributed by atoms with van der Waals surface area (Å²) in [7, 11) is 1.58. The Labute approximate surface area is 152 Å². The SMILES string of the molecule is COc1ccc(OCC(=O)NC(CCC(=O)O)Cc2ccccc2)cc1. The van der Waals surface area contributed by atoms with Crippen molar-refractivity contribution in [1.29, 1.82) is 0 Å². The highest BCUT2D eigenvalue weighted by molar-refractivity contribution is 5.78. The lowest BCUT2D eigenvalue weighted by atomic mass is 10.0. The number of aliphatic carboxylic acids is 1. The summed E-state index contributed by atoms with van der Waals surface area (Å²) >= 11 is 0. The lowest BCUT2D eigenvalue weighted by Crippen LogP contribution is -2.39. The third kappa shape index (κ3) is 6.84. The molecule has 26 heavy (non-hydrogen) atoms. The first kappa shape index (κ1) is 19.3. The fraction of sp³-hybridized carbons (Fsp3) is 0.300. The Morgan fingerprint density at radius 2 is 1.69 bits per heavy atom. The van der Waals surface area contributed by atoms with E-state index >= 15 is 0 Å². The van der Waals surface area contributed by atoms with Crippen LogP contribution in [0.4, 0.5) is 0 Å². The van der Waals surface area contributed by atoms with E-state index in [1.807, 2.05) is 30.3 Å². The molecule has 2 rings (SSSR count). The van der Waals surface area contributed by atoms with Crippen LogP contribution in [0, 0.1) is 0 Å². The van der Waals surface area contributed by atoms with Crippen molar-refractivity contribution in [1.82, 2.24) is 5.32 Å². The average Bonchev–Trinajstić information content (AvgIpc) is 2.65. The number of carbonyl (C=O) groups is 2. The van der Waals surface area contributed by atoms with Crippen molar-refractivity contribution in [2.24, 2.45) is 0 Å². The van der Waals surface area contributed by atoms with Crippen molar-refractivity contribution >= 4 is 11.9 Å². The third-order valence-corrected chi connectivity index (χ3v) is 3.83. The van der Waals surface area contributed by atoms with E-state index in [2.05, 4.69) is 5.32 Å². The quantitative estimate of drug-likeness (QED) is 0.683. The van der Waals surface area contributed by atoms with Crippen LogP contribution in [0.3, 0.4) is 0 Å². The number of carbonyl (C=O) groups excluding carboxylic acids is 1. The minimum atomic E-state index is -0.883. The highest BCUT2D eigenvalue weighted by Gasteiger charge is 2.15. The first-order valence-electron chi connectivity index (χ1n) is 8.38. The number of nitrogens with one attached hydrogen (secondary N) is 1. The van der Waals surface area contributed by atoms with E-state index in [1.165, 1.54) is 0 Å². The van der Waals surface area contributed by atoms with Crippen molar-refractivity contribution in [2.75, 3.05) is 13.7 Å². The number of methoxy groups -OCH3 is 1. The van der Waals surface area contributed by atoms with Crippen LogP contribution in [0.15, 0.2) is 54.6 Å². The molecule has 0 aliphatic rings. The fourth-order valence-electron chi connectivity index (χ4n) is 2.51. The number of rotatable bonds is 10. The molecule has 2 aromatic rings. The lowest BCUT2D eigenvalue weighted by molar-refractivity contribution is -0.137. The third-order valence-electron chi connectivity index (χ3n) is 3.83. The van der Waals surface area contributed by atoms with Gasteiger partial charge in [0.2, 0.25) is 0 Å². The molecule has 0 fully saturated rings. The number of hydrogen-bond donors (Lipinski definition) is 2. The summed E-state index contributed by atoms with van der Waals surface area (Å²) < 4.78 is 10.5. The zero-order valence-electron chi connectivity index (χ0n) is 14.7. The van der Waals surface area contributed by atoms with Crippen molar-refractivity contribution in [3.8, 4) is 11.5 Å². The zero-order valence-corrected chi connectivity index (χ0v) is 14.7. The van der Waals surface area contributed by atoms with Crippen LogP contribution in [0.5, 0.6) is 11.5 Å². The summed E-state index contributed by atoms with van der Waals surface area (Å²) in [6, 6.07) is 16.3. The largest absolute Gasteiger partial charge is 0.497 e. The first-order valence-corrected chi connectivity index (χ1v) is 8.38. The standard InChI is InChI=1S/C20H23NO5/c1-25-17-8-10-18(11-9-17)26-14-19(22)21-16(7-12-20(23)24)13-15-5-3-2-4-6-15/h2-6,8-11,16H,7,12-14H2,1H3,(H,21,22)(H,23,24). The molecule has 0 saturated carbocycles. The Balaban J connectivity index is 1.88. The van der Waals surface area contributed by atoms with Crippen LogP contribution in [0.1, 0.15) is 18.4 Å². The van der Waals surface area contributed by atoms with Crippen molar-refractivity contribution in [2.45, 2.75) is 25.3 Å². The van der Waals surface area contributed by atoms with Gasteiger partial charge in [-0.1, -0.05) is 30.3 Å². The number of ether oxygens (including phenoxy) is 2. The molecule has 1 atom stereocenters. The molecule has 0 heterocycles. The molecular formula is C20H23NO5. The number of amides is 1. The van der Waals surface area contributed by atoms with E-state index in [-0.39, 0.29) is 25.0 Å². The maximum Gasteiger partial charge on any atom is 0.303 e. The van der Waals surface area contributed by atoms with Crippen LogP contribution in [0.2, 0.25) is 0 Å². The summed E-state index contributed by atoms with van der Waals surface area (Å²) in [4.78, 5) is 23.0. The van der Waals surface area contributed by atoms with Crippen molar-refractivity contribution in [3.63, 3.8) is 0 Å². The summed E-state index contributed by atoms with van der Waals surface area (Å²) in [5.74, 6) is 0.100. The topological polar surface area (TPSA) is 84.9 Å². The smallest absolute Gasteiger partial charge is 0.303 e. The number of benzene rings is 2. The monoisotopic (exact) mass is 357 g/mol. The molecule has 2 aromatic carbocycles. The molecule has 1 amide bonds. The number of carboxylic acid groups (broad SMARTS) is 1. The molecule has 1 unspecified atom stereocenters. The molecule has 0 aliphatic heterocycles. The molecule has 0 aliphatic carbocycles. The minimum absolute atomic E-state index is 0.00286. The lowest BCUT2D eigenvalue weighted by Gasteiger charge is -2.18. The van der Waals surface area contributed by atoms with E-state index < -0.39 is 5.97 Å². The summed E-state index contributed by atoms with van der Waals surface area (Å²) in [5, 5.41) is 11.8. The van der Waals surface area contributed by atoms with E-state index in [4.69, 9.17) is 14.6 Å². The Morgan fingerprint density at radius 1 is 1.04 bits per heavy atom. The second kappa shape index (κ2) is 10.1. The van der Waals surface area contributed by atoms with Crippen LogP contribution in [-0.4, -0.2) is 36.7 Å². The molecule has 0 bridgehead atoms. The molecule has 6 nitrogen and oxygen atoms in total. The summed E-state index contributed by atoms with van der Waals surface area (Å²) in [6.45, 7) is -0.134. The van der Waals surface area contributed by atoms with Gasteiger partial charge in [0.25, 0.3) is 5.91 Å². The Hall–Kier alpha value is -3.02. The first-order chi connectivity index (χ1) is 12.6. The number of hydrogen-bond acceptors (Lipinski definition) is 4. The molecule has 6 heteroatoms. The van der Waals surface area contributed by atoms with Gasteiger partial charge in [-0.25, -0.2) is 0 Å². The van der Waals surface area contributed by atoms with Gasteiger partial charge in [-0.15, -0.1) is 0 Å². The zero-order chi connectivity index (χ0) is 18.8. The van der Waals surface area contributed by atoms with E-state index in [0.717, 1.165) is 5.56 Å². The Kier molecular flexibility index (Phi) is 7.49. The van der Waals surface area contributed by atoms with Crippen LogP contribution < -0.4 is 14.8 Å². The van der Waals surface area contributed by atoms with Gasteiger partial charge in [-0.05, 0) is 42.7 Å². The van der Waals surface area contributed by atoms with Crippen molar-refractivity contribution in [3.05, 3.63) is 60.2 Å². The maximum atomic E-state index is 12.2. The van der Waals surface area contributed by atoms with Gasteiger partial charge in [0.15, 0.2) is 6.61 Å². The van der Waals surface area contributed by atoms with Gasteiger partial charge < -0.3 is 19.9 Å². The highest BCUT2D eigenvalue weighted by Crippen LogP contribution is 2.16. The molecule has 0 aromatic heterocycles. The van der Waals surface area contributed by atoms with E-state index in [9.17, 15) is 9.59 Å². The molecule has 0 radical (unpaired) electrons. The van der Waals surface area contributed by atoms with E-state index in [0.29, 0.717) is 24.3 Å².